The van der Waals surface area contributed by atoms with Crippen molar-refractivity contribution in [3.8, 4) is 0 Å². The van der Waals surface area contributed by atoms with Gasteiger partial charge in [-0.25, -0.2) is 17.5 Å². The summed E-state index contributed by atoms with van der Waals surface area (Å²) in [6, 6.07) is 5.44. The van der Waals surface area contributed by atoms with Crippen molar-refractivity contribution < 1.29 is 12.8 Å². The highest BCUT2D eigenvalue weighted by atomic mass is 32.2. The van der Waals surface area contributed by atoms with Gasteiger partial charge >= 0.3 is 0 Å². The molecule has 0 saturated heterocycles. The van der Waals surface area contributed by atoms with E-state index in [9.17, 15) is 12.8 Å². The Morgan fingerprint density at radius 3 is 2.16 bits per heavy atom. The van der Waals surface area contributed by atoms with E-state index in [1.165, 1.54) is 24.3 Å². The molecule has 0 aliphatic rings. The van der Waals surface area contributed by atoms with Crippen LogP contribution >= 0.6 is 0 Å². The molecule has 0 aromatic heterocycles. The summed E-state index contributed by atoms with van der Waals surface area (Å²) in [5, 5.41) is 0. The second-order valence-corrected chi connectivity index (χ2v) is 6.40. The van der Waals surface area contributed by atoms with Crippen molar-refractivity contribution in [3.63, 3.8) is 0 Å². The Bertz CT molecular complexity index is 488. The molecule has 0 bridgehead atoms. The summed E-state index contributed by atoms with van der Waals surface area (Å²) in [6.07, 6.45) is 1.26. The maximum absolute atomic E-state index is 12.8. The molecule has 0 fully saturated rings. The van der Waals surface area contributed by atoms with Gasteiger partial charge in [-0.2, -0.15) is 0 Å². The van der Waals surface area contributed by atoms with Gasteiger partial charge in [-0.05, 0) is 30.5 Å². The molecule has 6 heteroatoms. The summed E-state index contributed by atoms with van der Waals surface area (Å²) in [4.78, 5) is 0. The number of nitrogens with one attached hydrogen (secondary N) is 1. The molecule has 19 heavy (non-hydrogen) atoms. The van der Waals surface area contributed by atoms with E-state index in [0.717, 1.165) is 0 Å². The molecule has 0 saturated carbocycles. The monoisotopic (exact) mass is 288 g/mol. The Balaban J connectivity index is 2.84. The van der Waals surface area contributed by atoms with E-state index < -0.39 is 15.6 Å². The van der Waals surface area contributed by atoms with Crippen molar-refractivity contribution in [2.45, 2.75) is 38.0 Å². The third kappa shape index (κ3) is 4.56. The molecule has 1 aromatic rings. The van der Waals surface area contributed by atoms with Crippen molar-refractivity contribution in [1.82, 2.24) is 4.72 Å². The molecule has 0 atom stereocenters. The SMILES string of the molecule is CCC(CC)(CN)NS(=O)(=O)Cc1ccc(F)cc1. The zero-order chi connectivity index (χ0) is 14.5. The minimum Gasteiger partial charge on any atom is -0.329 e. The number of benzene rings is 1. The highest BCUT2D eigenvalue weighted by molar-refractivity contribution is 7.88. The topological polar surface area (TPSA) is 72.2 Å². The lowest BCUT2D eigenvalue weighted by Crippen LogP contribution is -2.53. The summed E-state index contributed by atoms with van der Waals surface area (Å²) in [7, 11) is -3.49. The number of halogens is 1. The summed E-state index contributed by atoms with van der Waals surface area (Å²) < 4.78 is 39.7. The average molecular weight is 288 g/mol. The Hall–Kier alpha value is -0.980. The smallest absolute Gasteiger partial charge is 0.216 e. The fraction of sp³-hybridized carbons (Fsp3) is 0.538. The number of rotatable bonds is 7. The van der Waals surface area contributed by atoms with Gasteiger partial charge in [-0.15, -0.1) is 0 Å². The van der Waals surface area contributed by atoms with Gasteiger partial charge in [-0.1, -0.05) is 26.0 Å². The first-order valence-corrected chi connectivity index (χ1v) is 7.98. The normalized spacial score (nSPS) is 12.6. The molecule has 1 rings (SSSR count). The molecule has 0 unspecified atom stereocenters. The maximum Gasteiger partial charge on any atom is 0.216 e. The van der Waals surface area contributed by atoms with Crippen LogP contribution in [0.3, 0.4) is 0 Å². The quantitative estimate of drug-likeness (QED) is 0.803. The van der Waals surface area contributed by atoms with E-state index in [2.05, 4.69) is 4.72 Å². The van der Waals surface area contributed by atoms with Crippen LogP contribution in [0.1, 0.15) is 32.3 Å². The first kappa shape index (κ1) is 16.1. The molecule has 4 nitrogen and oxygen atoms in total. The van der Waals surface area contributed by atoms with Crippen LogP contribution in [0.25, 0.3) is 0 Å². The molecular weight excluding hydrogens is 267 g/mol. The molecule has 3 N–H and O–H groups in total. The molecular formula is C13H21FN2O2S. The Labute approximate surface area is 114 Å². The minimum atomic E-state index is -3.49. The molecule has 0 amide bonds. The average Bonchev–Trinajstić information content (AvgIpc) is 2.39. The molecule has 0 aliphatic carbocycles. The van der Waals surface area contributed by atoms with Gasteiger partial charge in [0.25, 0.3) is 0 Å². The first-order valence-electron chi connectivity index (χ1n) is 6.32. The highest BCUT2D eigenvalue weighted by Gasteiger charge is 2.29. The van der Waals surface area contributed by atoms with Crippen LogP contribution < -0.4 is 10.5 Å². The molecule has 0 spiro atoms. The van der Waals surface area contributed by atoms with Gasteiger partial charge in [0.1, 0.15) is 5.82 Å². The lowest BCUT2D eigenvalue weighted by molar-refractivity contribution is 0.363. The van der Waals surface area contributed by atoms with Crippen LogP contribution in [-0.4, -0.2) is 20.5 Å². The van der Waals surface area contributed by atoms with Crippen LogP contribution in [0.5, 0.6) is 0 Å². The van der Waals surface area contributed by atoms with Crippen LogP contribution in [0.15, 0.2) is 24.3 Å². The fourth-order valence-corrected chi connectivity index (χ4v) is 3.63. The third-order valence-electron chi connectivity index (χ3n) is 3.39. The standard InChI is InChI=1S/C13H21FN2O2S/c1-3-13(4-2,10-15)16-19(17,18)9-11-5-7-12(14)8-6-11/h5-8,16H,3-4,9-10,15H2,1-2H3. The van der Waals surface area contributed by atoms with Gasteiger partial charge in [0.15, 0.2) is 0 Å². The van der Waals surface area contributed by atoms with Gasteiger partial charge in [-0.3, -0.25) is 0 Å². The zero-order valence-electron chi connectivity index (χ0n) is 11.3. The zero-order valence-corrected chi connectivity index (χ0v) is 12.1. The van der Waals surface area contributed by atoms with E-state index in [1.807, 2.05) is 13.8 Å². The van der Waals surface area contributed by atoms with Crippen molar-refractivity contribution in [1.29, 1.82) is 0 Å². The van der Waals surface area contributed by atoms with E-state index in [-0.39, 0.29) is 18.1 Å². The highest BCUT2D eigenvalue weighted by Crippen LogP contribution is 2.16. The number of hydrogen-bond donors (Lipinski definition) is 2. The molecule has 0 heterocycles. The number of hydrogen-bond acceptors (Lipinski definition) is 3. The first-order chi connectivity index (χ1) is 8.86. The van der Waals surface area contributed by atoms with Gasteiger partial charge in [0, 0.05) is 12.1 Å². The summed E-state index contributed by atoms with van der Waals surface area (Å²) in [6.45, 7) is 4.05. The maximum atomic E-state index is 12.8. The van der Waals surface area contributed by atoms with Crippen molar-refractivity contribution >= 4 is 10.0 Å². The summed E-state index contributed by atoms with van der Waals surface area (Å²) in [5.74, 6) is -0.554. The summed E-state index contributed by atoms with van der Waals surface area (Å²) in [5.41, 5.74) is 5.62. The second kappa shape index (κ2) is 6.45. The van der Waals surface area contributed by atoms with E-state index >= 15 is 0 Å². The van der Waals surface area contributed by atoms with Crippen molar-refractivity contribution in [2.75, 3.05) is 6.54 Å². The van der Waals surface area contributed by atoms with Gasteiger partial charge < -0.3 is 5.73 Å². The Morgan fingerprint density at radius 2 is 1.74 bits per heavy atom. The van der Waals surface area contributed by atoms with Gasteiger partial charge in [0.2, 0.25) is 10.0 Å². The van der Waals surface area contributed by atoms with Gasteiger partial charge in [0.05, 0.1) is 5.75 Å². The largest absolute Gasteiger partial charge is 0.329 e. The molecule has 0 aliphatic heterocycles. The van der Waals surface area contributed by atoms with Crippen molar-refractivity contribution in [3.05, 3.63) is 35.6 Å². The lowest BCUT2D eigenvalue weighted by Gasteiger charge is -2.31. The fourth-order valence-electron chi connectivity index (χ4n) is 1.89. The van der Waals surface area contributed by atoms with Crippen LogP contribution in [-0.2, 0) is 15.8 Å². The van der Waals surface area contributed by atoms with Crippen LogP contribution in [0, 0.1) is 5.82 Å². The summed E-state index contributed by atoms with van der Waals surface area (Å²) >= 11 is 0. The minimum absolute atomic E-state index is 0.172. The lowest BCUT2D eigenvalue weighted by atomic mass is 9.95. The number of nitrogens with two attached hydrogens (primary N) is 1. The molecule has 108 valence electrons. The number of sulfonamides is 1. The molecule has 1 aromatic carbocycles. The Kier molecular flexibility index (Phi) is 5.46. The van der Waals surface area contributed by atoms with Crippen LogP contribution in [0.2, 0.25) is 0 Å². The van der Waals surface area contributed by atoms with E-state index in [1.54, 1.807) is 0 Å². The van der Waals surface area contributed by atoms with Crippen molar-refractivity contribution in [2.24, 2.45) is 5.73 Å². The van der Waals surface area contributed by atoms with E-state index in [4.69, 9.17) is 5.73 Å². The molecule has 0 radical (unpaired) electrons. The second-order valence-electron chi connectivity index (χ2n) is 4.68. The van der Waals surface area contributed by atoms with Crippen LogP contribution in [0.4, 0.5) is 4.39 Å². The predicted molar refractivity (Wildman–Crippen MR) is 74.5 cm³/mol. The third-order valence-corrected chi connectivity index (χ3v) is 4.84. The predicted octanol–water partition coefficient (Wildman–Crippen LogP) is 1.76. The van der Waals surface area contributed by atoms with E-state index in [0.29, 0.717) is 18.4 Å². The Morgan fingerprint density at radius 1 is 1.21 bits per heavy atom.